The smallest absolute Gasteiger partial charge is 0.123 e. The number of phenols is 1. The number of phenolic OH excluding ortho intramolecular Hbond substituents is 1. The fourth-order valence-electron chi connectivity index (χ4n) is 6.59. The van der Waals surface area contributed by atoms with E-state index in [0.29, 0.717) is 17.5 Å². The molecule has 6 rings (SSSR count). The fourth-order valence-corrected chi connectivity index (χ4v) is 8.06. The first-order valence-electron chi connectivity index (χ1n) is 15.9. The maximum atomic E-state index is 13.3. The summed E-state index contributed by atoms with van der Waals surface area (Å²) in [5, 5.41) is 62.7. The van der Waals surface area contributed by atoms with Gasteiger partial charge in [0.25, 0.3) is 0 Å². The molecule has 2 fully saturated rings. The van der Waals surface area contributed by atoms with Crippen molar-refractivity contribution < 1.29 is 39.8 Å². The Kier molecular flexibility index (Phi) is 10.5. The lowest BCUT2D eigenvalue weighted by atomic mass is 9.90. The molecule has 4 aromatic carbocycles. The van der Waals surface area contributed by atoms with Gasteiger partial charge in [-0.15, -0.1) is 11.8 Å². The van der Waals surface area contributed by atoms with Crippen LogP contribution < -0.4 is 4.90 Å². The zero-order valence-electron chi connectivity index (χ0n) is 25.7. The molecule has 8 atom stereocenters. The summed E-state index contributed by atoms with van der Waals surface area (Å²) in [6.45, 7) is -0.495. The Morgan fingerprint density at radius 2 is 1.55 bits per heavy atom. The van der Waals surface area contributed by atoms with E-state index in [4.69, 9.17) is 4.74 Å². The molecule has 0 spiro atoms. The van der Waals surface area contributed by atoms with E-state index in [1.54, 1.807) is 30.3 Å². The molecule has 47 heavy (non-hydrogen) atoms. The summed E-state index contributed by atoms with van der Waals surface area (Å²) in [6.07, 6.45) is -4.71. The average Bonchev–Trinajstić information content (AvgIpc) is 3.51. The third-order valence-corrected chi connectivity index (χ3v) is 10.6. The van der Waals surface area contributed by atoms with Crippen molar-refractivity contribution in [2.24, 2.45) is 0 Å². The van der Waals surface area contributed by atoms with E-state index < -0.39 is 43.2 Å². The number of anilines is 1. The molecule has 0 saturated carbocycles. The Balaban J connectivity index is 1.20. The van der Waals surface area contributed by atoms with Crippen LogP contribution in [0.1, 0.15) is 54.2 Å². The zero-order chi connectivity index (χ0) is 33.1. The van der Waals surface area contributed by atoms with Crippen LogP contribution in [0.2, 0.25) is 0 Å². The summed E-state index contributed by atoms with van der Waals surface area (Å²) in [7, 11) is 0. The molecule has 0 radical (unpaired) electrons. The fraction of sp³-hybridized carbons (Fsp3) is 0.351. The summed E-state index contributed by atoms with van der Waals surface area (Å²) in [5.74, 6) is 0.592. The number of hydrogen-bond acceptors (Lipinski definition) is 9. The van der Waals surface area contributed by atoms with Crippen LogP contribution in [-0.4, -0.2) is 72.8 Å². The molecule has 8 nitrogen and oxygen atoms in total. The molecule has 6 N–H and O–H groups in total. The van der Waals surface area contributed by atoms with Crippen molar-refractivity contribution in [2.45, 2.75) is 67.2 Å². The van der Waals surface area contributed by atoms with Gasteiger partial charge in [0.05, 0.1) is 24.6 Å². The first-order chi connectivity index (χ1) is 22.7. The van der Waals surface area contributed by atoms with Crippen molar-refractivity contribution in [3.05, 3.63) is 120 Å². The zero-order valence-corrected chi connectivity index (χ0v) is 26.5. The number of halogens is 1. The van der Waals surface area contributed by atoms with Gasteiger partial charge in [-0.3, -0.25) is 0 Å². The Morgan fingerprint density at radius 1 is 0.851 bits per heavy atom. The molecule has 0 amide bonds. The number of benzene rings is 4. The van der Waals surface area contributed by atoms with Gasteiger partial charge in [-0.25, -0.2) is 4.39 Å². The van der Waals surface area contributed by atoms with E-state index in [1.807, 2.05) is 54.2 Å². The van der Waals surface area contributed by atoms with E-state index in [9.17, 15) is 35.0 Å². The molecule has 4 aromatic rings. The van der Waals surface area contributed by atoms with Gasteiger partial charge < -0.3 is 40.3 Å². The predicted octanol–water partition coefficient (Wildman–Crippen LogP) is 5.24. The second-order valence-electron chi connectivity index (χ2n) is 12.2. The molecule has 0 aromatic heterocycles. The third kappa shape index (κ3) is 7.19. The quantitative estimate of drug-likeness (QED) is 0.135. The molecular formula is C37H40FNO7S. The lowest BCUT2D eigenvalue weighted by Gasteiger charge is -2.40. The van der Waals surface area contributed by atoms with Crippen LogP contribution in [-0.2, 0) is 4.74 Å². The van der Waals surface area contributed by atoms with Gasteiger partial charge in [0.15, 0.2) is 0 Å². The van der Waals surface area contributed by atoms with Crippen LogP contribution in [0.3, 0.4) is 0 Å². The molecule has 10 heteroatoms. The summed E-state index contributed by atoms with van der Waals surface area (Å²) in [4.78, 5) is 2.30. The SMILES string of the molecule is OCC1OC(c2ccc(-c3ccc(C4C(CCCC(O)c5ccc(F)cc5)SCN4c4ccccc4)c(O)c3)cc2)C(O)C(O)C1O. The van der Waals surface area contributed by atoms with Crippen molar-refractivity contribution in [1.29, 1.82) is 0 Å². The molecule has 0 bridgehead atoms. The number of aliphatic hydroxyl groups excluding tert-OH is 5. The van der Waals surface area contributed by atoms with E-state index >= 15 is 0 Å². The highest BCUT2D eigenvalue weighted by molar-refractivity contribution is 8.00. The van der Waals surface area contributed by atoms with Gasteiger partial charge >= 0.3 is 0 Å². The molecule has 2 aliphatic heterocycles. The highest BCUT2D eigenvalue weighted by atomic mass is 32.2. The Labute approximate surface area is 277 Å². The molecular weight excluding hydrogens is 621 g/mol. The van der Waals surface area contributed by atoms with Gasteiger partial charge in [0.2, 0.25) is 0 Å². The van der Waals surface area contributed by atoms with Gasteiger partial charge in [0.1, 0.15) is 42.1 Å². The van der Waals surface area contributed by atoms with Crippen molar-refractivity contribution in [1.82, 2.24) is 0 Å². The van der Waals surface area contributed by atoms with Crippen molar-refractivity contribution in [3.8, 4) is 16.9 Å². The minimum absolute atomic E-state index is 0.104. The van der Waals surface area contributed by atoms with Crippen LogP contribution in [0.4, 0.5) is 10.1 Å². The Hall–Kier alpha value is -3.48. The number of rotatable bonds is 10. The van der Waals surface area contributed by atoms with Crippen LogP contribution in [0.5, 0.6) is 5.75 Å². The summed E-state index contributed by atoms with van der Waals surface area (Å²) in [6, 6.07) is 28.8. The number of nitrogens with zero attached hydrogens (tertiary/aromatic N) is 1. The number of aliphatic hydroxyl groups is 5. The lowest BCUT2D eigenvalue weighted by Crippen LogP contribution is -2.55. The highest BCUT2D eigenvalue weighted by Gasteiger charge is 2.44. The maximum Gasteiger partial charge on any atom is 0.123 e. The number of para-hydroxylation sites is 1. The van der Waals surface area contributed by atoms with Crippen molar-refractivity contribution >= 4 is 17.4 Å². The molecule has 0 aliphatic carbocycles. The average molecular weight is 662 g/mol. The second-order valence-corrected chi connectivity index (χ2v) is 13.4. The van der Waals surface area contributed by atoms with Gasteiger partial charge in [-0.1, -0.05) is 66.7 Å². The standard InChI is InChI=1S/C37H40FNO7S/c38-26-16-13-23(14-17-26)29(41)7-4-8-32-33(39(21-47-32)27-5-2-1-3-6-27)28-18-15-25(19-30(28)42)22-9-11-24(12-10-22)37-36(45)35(44)34(43)31(20-40)46-37/h1-3,5-6,9-19,29,31-37,40-45H,4,7-8,20-21H2. The number of hydrogen-bond donors (Lipinski definition) is 6. The monoisotopic (exact) mass is 661 g/mol. The molecule has 248 valence electrons. The Morgan fingerprint density at radius 3 is 2.23 bits per heavy atom. The van der Waals surface area contributed by atoms with Crippen molar-refractivity contribution in [2.75, 3.05) is 17.4 Å². The van der Waals surface area contributed by atoms with Gasteiger partial charge in [-0.2, -0.15) is 0 Å². The molecule has 2 saturated heterocycles. The van der Waals surface area contributed by atoms with E-state index in [-0.39, 0.29) is 22.9 Å². The minimum Gasteiger partial charge on any atom is -0.508 e. The third-order valence-electron chi connectivity index (χ3n) is 9.24. The van der Waals surface area contributed by atoms with E-state index in [1.165, 1.54) is 12.1 Å². The number of ether oxygens (including phenoxy) is 1. The molecule has 2 aliphatic rings. The second kappa shape index (κ2) is 14.7. The summed E-state index contributed by atoms with van der Waals surface area (Å²) < 4.78 is 19.0. The Bertz CT molecular complexity index is 1610. The lowest BCUT2D eigenvalue weighted by molar-refractivity contribution is -0.231. The minimum atomic E-state index is -1.46. The van der Waals surface area contributed by atoms with Crippen molar-refractivity contribution in [3.63, 3.8) is 0 Å². The molecule has 8 unspecified atom stereocenters. The largest absolute Gasteiger partial charge is 0.508 e. The summed E-state index contributed by atoms with van der Waals surface area (Å²) >= 11 is 1.83. The van der Waals surface area contributed by atoms with Crippen LogP contribution in [0.15, 0.2) is 97.1 Å². The highest BCUT2D eigenvalue weighted by Crippen LogP contribution is 2.48. The maximum absolute atomic E-state index is 13.3. The number of aromatic hydroxyl groups is 1. The molecule has 2 heterocycles. The predicted molar refractivity (Wildman–Crippen MR) is 179 cm³/mol. The van der Waals surface area contributed by atoms with Crippen LogP contribution >= 0.6 is 11.8 Å². The van der Waals surface area contributed by atoms with E-state index in [2.05, 4.69) is 17.0 Å². The first-order valence-corrected chi connectivity index (χ1v) is 16.9. The van der Waals surface area contributed by atoms with Gasteiger partial charge in [-0.05, 0) is 71.8 Å². The van der Waals surface area contributed by atoms with Gasteiger partial charge in [0, 0.05) is 16.5 Å². The normalized spacial score (nSPS) is 26.8. The van der Waals surface area contributed by atoms with E-state index in [0.717, 1.165) is 41.1 Å². The van der Waals surface area contributed by atoms with Crippen LogP contribution in [0.25, 0.3) is 11.1 Å². The first kappa shape index (κ1) is 33.4. The number of thioether (sulfide) groups is 1. The van der Waals surface area contributed by atoms with Crippen LogP contribution in [0, 0.1) is 5.82 Å². The summed E-state index contributed by atoms with van der Waals surface area (Å²) in [5.41, 5.74) is 4.77. The topological polar surface area (TPSA) is 134 Å².